The van der Waals surface area contributed by atoms with Crippen LogP contribution in [-0.4, -0.2) is 56.2 Å². The predicted octanol–water partition coefficient (Wildman–Crippen LogP) is 0.613. The fourth-order valence-electron chi connectivity index (χ4n) is 1.05. The van der Waals surface area contributed by atoms with E-state index < -0.39 is 5.97 Å². The highest BCUT2D eigenvalue weighted by Crippen LogP contribution is 2.15. The van der Waals surface area contributed by atoms with Crippen molar-refractivity contribution in [1.29, 1.82) is 0 Å². The molecule has 1 heterocycles. The summed E-state index contributed by atoms with van der Waals surface area (Å²) in [4.78, 5) is 27.9. The van der Waals surface area contributed by atoms with E-state index in [4.69, 9.17) is 0 Å². The minimum absolute atomic E-state index is 0.147. The van der Waals surface area contributed by atoms with E-state index in [0.717, 1.165) is 0 Å². The number of esters is 1. The van der Waals surface area contributed by atoms with E-state index >= 15 is 0 Å². The zero-order chi connectivity index (χ0) is 13.5. The predicted molar refractivity (Wildman–Crippen MR) is 69.0 cm³/mol. The minimum atomic E-state index is -0.458. The highest BCUT2D eigenvalue weighted by atomic mass is 32.1. The van der Waals surface area contributed by atoms with Gasteiger partial charge in [0.2, 0.25) is 0 Å². The molecule has 100 valence electrons. The lowest BCUT2D eigenvalue weighted by atomic mass is 10.5. The first-order valence-corrected chi connectivity index (χ1v) is 6.15. The van der Waals surface area contributed by atoms with Crippen LogP contribution in [0.1, 0.15) is 10.5 Å². The third-order valence-corrected chi connectivity index (χ3v) is 2.78. The van der Waals surface area contributed by atoms with Gasteiger partial charge in [-0.3, -0.25) is 0 Å². The second-order valence-electron chi connectivity index (χ2n) is 3.58. The molecule has 0 saturated carbocycles. The van der Waals surface area contributed by atoms with Crippen LogP contribution in [-0.2, 0) is 4.74 Å². The average Bonchev–Trinajstić information content (AvgIpc) is 2.81. The summed E-state index contributed by atoms with van der Waals surface area (Å²) in [5.74, 6) is -0.458. The molecule has 0 bridgehead atoms. The summed E-state index contributed by atoms with van der Waals surface area (Å²) in [5.41, 5.74) is 0.280. The molecule has 2 amide bonds. The van der Waals surface area contributed by atoms with Gasteiger partial charge in [0.25, 0.3) is 0 Å². The Morgan fingerprint density at radius 1 is 1.44 bits per heavy atom. The van der Waals surface area contributed by atoms with Crippen molar-refractivity contribution in [2.45, 2.75) is 0 Å². The molecule has 0 radical (unpaired) electrons. The number of aromatic nitrogens is 1. The van der Waals surface area contributed by atoms with Crippen molar-refractivity contribution in [3.8, 4) is 0 Å². The average molecular weight is 272 g/mol. The molecule has 0 spiro atoms. The number of ether oxygens (including phenoxy) is 1. The van der Waals surface area contributed by atoms with Crippen molar-refractivity contribution < 1.29 is 14.3 Å². The van der Waals surface area contributed by atoms with Crippen molar-refractivity contribution in [3.05, 3.63) is 11.1 Å². The van der Waals surface area contributed by atoms with Crippen LogP contribution in [0.3, 0.4) is 0 Å². The fourth-order valence-corrected chi connectivity index (χ4v) is 1.76. The summed E-state index contributed by atoms with van der Waals surface area (Å²) in [5, 5.41) is 7.95. The zero-order valence-corrected chi connectivity index (χ0v) is 11.3. The van der Waals surface area contributed by atoms with E-state index in [1.54, 1.807) is 19.5 Å². The molecule has 0 unspecified atom stereocenters. The standard InChI is InChI=1S/C10H16N4O3S/c1-14(2)10(16)12-5-4-11-9-13-7(6-18-9)8(15)17-3/h6H,4-5H2,1-3H3,(H,11,13)(H,12,16). The maximum absolute atomic E-state index is 11.2. The molecule has 1 rings (SSSR count). The summed E-state index contributed by atoms with van der Waals surface area (Å²) in [7, 11) is 4.66. The maximum atomic E-state index is 11.2. The number of amides is 2. The first-order valence-electron chi connectivity index (χ1n) is 5.27. The van der Waals surface area contributed by atoms with Crippen LogP contribution in [0.15, 0.2) is 5.38 Å². The molecule has 7 nitrogen and oxygen atoms in total. The lowest BCUT2D eigenvalue weighted by Gasteiger charge is -2.11. The van der Waals surface area contributed by atoms with Crippen molar-refractivity contribution in [1.82, 2.24) is 15.2 Å². The number of carbonyl (C=O) groups is 2. The van der Waals surface area contributed by atoms with Crippen molar-refractivity contribution in [2.75, 3.05) is 39.6 Å². The number of carbonyl (C=O) groups excluding carboxylic acids is 2. The molecule has 0 aliphatic carbocycles. The molecular formula is C10H16N4O3S. The van der Waals surface area contributed by atoms with E-state index in [-0.39, 0.29) is 11.7 Å². The summed E-state index contributed by atoms with van der Waals surface area (Å²) < 4.78 is 4.55. The lowest BCUT2D eigenvalue weighted by molar-refractivity contribution is 0.0595. The molecule has 0 aliphatic heterocycles. The molecule has 8 heteroatoms. The van der Waals surface area contributed by atoms with Crippen LogP contribution in [0, 0.1) is 0 Å². The van der Waals surface area contributed by atoms with Gasteiger partial charge in [0.05, 0.1) is 7.11 Å². The van der Waals surface area contributed by atoms with Gasteiger partial charge in [-0.25, -0.2) is 14.6 Å². The number of urea groups is 1. The normalized spacial score (nSPS) is 9.72. The van der Waals surface area contributed by atoms with Crippen LogP contribution < -0.4 is 10.6 Å². The number of thiazole rings is 1. The first-order chi connectivity index (χ1) is 8.54. The van der Waals surface area contributed by atoms with Gasteiger partial charge in [-0.15, -0.1) is 11.3 Å². The van der Waals surface area contributed by atoms with E-state index in [1.165, 1.54) is 23.3 Å². The molecule has 0 aromatic carbocycles. The highest BCUT2D eigenvalue weighted by molar-refractivity contribution is 7.13. The molecule has 2 N–H and O–H groups in total. The number of rotatable bonds is 5. The Bertz CT molecular complexity index is 419. The molecule has 1 aromatic rings. The second-order valence-corrected chi connectivity index (χ2v) is 4.44. The zero-order valence-electron chi connectivity index (χ0n) is 10.5. The summed E-state index contributed by atoms with van der Waals surface area (Å²) in [6.45, 7) is 1.01. The van der Waals surface area contributed by atoms with Crippen molar-refractivity contribution in [3.63, 3.8) is 0 Å². The van der Waals surface area contributed by atoms with Crippen LogP contribution >= 0.6 is 11.3 Å². The molecular weight excluding hydrogens is 256 g/mol. The van der Waals surface area contributed by atoms with Crippen LogP contribution in [0.25, 0.3) is 0 Å². The monoisotopic (exact) mass is 272 g/mol. The smallest absolute Gasteiger partial charge is 0.357 e. The lowest BCUT2D eigenvalue weighted by Crippen LogP contribution is -2.37. The van der Waals surface area contributed by atoms with Crippen molar-refractivity contribution >= 4 is 28.5 Å². The number of anilines is 1. The summed E-state index contributed by atoms with van der Waals surface area (Å²) in [6, 6.07) is -0.147. The Labute approximate surface area is 109 Å². The molecule has 18 heavy (non-hydrogen) atoms. The van der Waals surface area contributed by atoms with E-state index in [9.17, 15) is 9.59 Å². The van der Waals surface area contributed by atoms with Gasteiger partial charge in [0.1, 0.15) is 0 Å². The second kappa shape index (κ2) is 6.80. The van der Waals surface area contributed by atoms with Gasteiger partial charge in [-0.2, -0.15) is 0 Å². The van der Waals surface area contributed by atoms with E-state index in [1.807, 2.05) is 0 Å². The molecule has 0 atom stereocenters. The largest absolute Gasteiger partial charge is 0.464 e. The number of hydrogen-bond donors (Lipinski definition) is 2. The number of nitrogens with one attached hydrogen (secondary N) is 2. The minimum Gasteiger partial charge on any atom is -0.464 e. The van der Waals surface area contributed by atoms with Gasteiger partial charge in [0, 0.05) is 32.6 Å². The molecule has 0 aliphatic rings. The Morgan fingerprint density at radius 3 is 2.78 bits per heavy atom. The Morgan fingerprint density at radius 2 is 2.17 bits per heavy atom. The maximum Gasteiger partial charge on any atom is 0.357 e. The number of methoxy groups -OCH3 is 1. The van der Waals surface area contributed by atoms with Crippen LogP contribution in [0.5, 0.6) is 0 Å². The Balaban J connectivity index is 2.30. The van der Waals surface area contributed by atoms with Gasteiger partial charge in [-0.05, 0) is 0 Å². The molecule has 0 saturated heterocycles. The fraction of sp³-hybridized carbons (Fsp3) is 0.500. The SMILES string of the molecule is COC(=O)c1csc(NCCNC(=O)N(C)C)n1. The Kier molecular flexibility index (Phi) is 5.37. The van der Waals surface area contributed by atoms with Crippen LogP contribution in [0.2, 0.25) is 0 Å². The summed E-state index contributed by atoms with van der Waals surface area (Å²) >= 11 is 1.31. The quantitative estimate of drug-likeness (QED) is 0.606. The number of hydrogen-bond acceptors (Lipinski definition) is 6. The molecule has 0 fully saturated rings. The van der Waals surface area contributed by atoms with Crippen LogP contribution in [0.4, 0.5) is 9.93 Å². The van der Waals surface area contributed by atoms with E-state index in [0.29, 0.717) is 18.2 Å². The highest BCUT2D eigenvalue weighted by Gasteiger charge is 2.10. The Hall–Kier alpha value is -1.83. The third-order valence-electron chi connectivity index (χ3n) is 1.98. The van der Waals surface area contributed by atoms with Gasteiger partial charge >= 0.3 is 12.0 Å². The van der Waals surface area contributed by atoms with Gasteiger partial charge in [-0.1, -0.05) is 0 Å². The molecule has 1 aromatic heterocycles. The van der Waals surface area contributed by atoms with Crippen molar-refractivity contribution in [2.24, 2.45) is 0 Å². The topological polar surface area (TPSA) is 83.6 Å². The van der Waals surface area contributed by atoms with E-state index in [2.05, 4.69) is 20.4 Å². The van der Waals surface area contributed by atoms with Gasteiger partial charge in [0.15, 0.2) is 10.8 Å². The third kappa shape index (κ3) is 4.21. The first kappa shape index (κ1) is 14.2. The number of nitrogens with zero attached hydrogens (tertiary/aromatic N) is 2. The van der Waals surface area contributed by atoms with Gasteiger partial charge < -0.3 is 20.3 Å². The summed E-state index contributed by atoms with van der Waals surface area (Å²) in [6.07, 6.45) is 0.